The second-order valence-corrected chi connectivity index (χ2v) is 6.19. The van der Waals surface area contributed by atoms with Crippen molar-refractivity contribution in [3.8, 4) is 10.6 Å². The maximum Gasteiger partial charge on any atom is 0.416 e. The molecule has 0 unspecified atom stereocenters. The molecule has 3 aromatic rings. The van der Waals surface area contributed by atoms with Crippen LogP contribution in [0.1, 0.15) is 15.2 Å². The van der Waals surface area contributed by atoms with Gasteiger partial charge in [0.15, 0.2) is 0 Å². The molecule has 0 fully saturated rings. The first-order valence-corrected chi connectivity index (χ1v) is 7.96. The van der Waals surface area contributed by atoms with Crippen LogP contribution in [0, 0.1) is 11.6 Å². The molecule has 0 saturated heterocycles. The van der Waals surface area contributed by atoms with Crippen molar-refractivity contribution in [2.24, 2.45) is 0 Å². The van der Waals surface area contributed by atoms with Crippen LogP contribution in [-0.2, 0) is 6.18 Å². The standard InChI is InChI=1S/C17H9F5N2OS/c18-11-5-2-6-12(19)14(11)24-15(25)13-8-23-16(26-13)9-3-1-4-10(7-9)17(20,21)22/h1-8H,(H,24,25). The average molecular weight is 384 g/mol. The Kier molecular flexibility index (Phi) is 4.73. The number of alkyl halides is 3. The molecule has 0 radical (unpaired) electrons. The number of carbonyl (C=O) groups is 1. The third-order valence-electron chi connectivity index (χ3n) is 3.37. The number of halogens is 5. The Hall–Kier alpha value is -2.81. The molecule has 9 heteroatoms. The Balaban J connectivity index is 1.85. The number of thiazole rings is 1. The van der Waals surface area contributed by atoms with E-state index in [1.807, 2.05) is 0 Å². The number of amides is 1. The van der Waals surface area contributed by atoms with Crippen LogP contribution in [0.5, 0.6) is 0 Å². The number of nitrogens with one attached hydrogen (secondary N) is 1. The van der Waals surface area contributed by atoms with Crippen molar-refractivity contribution in [1.82, 2.24) is 4.98 Å². The smallest absolute Gasteiger partial charge is 0.316 e. The summed E-state index contributed by atoms with van der Waals surface area (Å²) in [4.78, 5) is 16.1. The van der Waals surface area contributed by atoms with Gasteiger partial charge in [-0.1, -0.05) is 18.2 Å². The number of para-hydroxylation sites is 1. The van der Waals surface area contributed by atoms with E-state index in [1.165, 1.54) is 12.1 Å². The maximum atomic E-state index is 13.6. The summed E-state index contributed by atoms with van der Waals surface area (Å²) in [6.07, 6.45) is -3.37. The zero-order valence-corrected chi connectivity index (χ0v) is 13.6. The summed E-state index contributed by atoms with van der Waals surface area (Å²) < 4.78 is 65.5. The fraction of sp³-hybridized carbons (Fsp3) is 0.0588. The Morgan fingerprint density at radius 1 is 1.04 bits per heavy atom. The van der Waals surface area contributed by atoms with Gasteiger partial charge in [-0.25, -0.2) is 13.8 Å². The number of anilines is 1. The molecule has 0 aliphatic carbocycles. The van der Waals surface area contributed by atoms with E-state index in [1.54, 1.807) is 0 Å². The van der Waals surface area contributed by atoms with E-state index >= 15 is 0 Å². The summed E-state index contributed by atoms with van der Waals surface area (Å²) in [6.45, 7) is 0. The number of carbonyl (C=O) groups excluding carboxylic acids is 1. The molecular formula is C17H9F5N2OS. The predicted molar refractivity (Wildman–Crippen MR) is 86.9 cm³/mol. The van der Waals surface area contributed by atoms with Gasteiger partial charge in [-0.15, -0.1) is 11.3 Å². The van der Waals surface area contributed by atoms with Crippen molar-refractivity contribution in [3.05, 3.63) is 70.7 Å². The molecule has 0 atom stereocenters. The Morgan fingerprint density at radius 2 is 1.69 bits per heavy atom. The van der Waals surface area contributed by atoms with Gasteiger partial charge < -0.3 is 5.32 Å². The Bertz CT molecular complexity index is 948. The lowest BCUT2D eigenvalue weighted by Gasteiger charge is -2.07. The molecule has 0 bridgehead atoms. The first-order chi connectivity index (χ1) is 12.3. The summed E-state index contributed by atoms with van der Waals surface area (Å²) >= 11 is 0.809. The van der Waals surface area contributed by atoms with Gasteiger partial charge in [0.05, 0.1) is 11.8 Å². The van der Waals surface area contributed by atoms with E-state index < -0.39 is 35.0 Å². The molecule has 0 aliphatic rings. The Morgan fingerprint density at radius 3 is 2.35 bits per heavy atom. The van der Waals surface area contributed by atoms with Gasteiger partial charge in [0.2, 0.25) is 0 Å². The van der Waals surface area contributed by atoms with Crippen molar-refractivity contribution in [3.63, 3.8) is 0 Å². The van der Waals surface area contributed by atoms with E-state index in [4.69, 9.17) is 0 Å². The molecule has 1 amide bonds. The molecule has 1 heterocycles. The Labute approximate surface area is 148 Å². The summed E-state index contributed by atoms with van der Waals surface area (Å²) in [6, 6.07) is 7.61. The average Bonchev–Trinajstić information content (AvgIpc) is 3.08. The SMILES string of the molecule is O=C(Nc1c(F)cccc1F)c1cnc(-c2cccc(C(F)(F)F)c2)s1. The molecule has 0 aliphatic heterocycles. The third-order valence-corrected chi connectivity index (χ3v) is 4.41. The lowest BCUT2D eigenvalue weighted by Crippen LogP contribution is -2.12. The first-order valence-electron chi connectivity index (χ1n) is 7.14. The summed E-state index contributed by atoms with van der Waals surface area (Å²) in [5.74, 6) is -2.70. The second kappa shape index (κ2) is 6.83. The molecule has 2 aromatic carbocycles. The molecule has 0 spiro atoms. The summed E-state index contributed by atoms with van der Waals surface area (Å²) in [7, 11) is 0. The minimum atomic E-state index is -4.50. The van der Waals surface area contributed by atoms with E-state index in [9.17, 15) is 26.7 Å². The summed E-state index contributed by atoms with van der Waals surface area (Å²) in [5.41, 5.74) is -1.27. The lowest BCUT2D eigenvalue weighted by molar-refractivity contribution is -0.137. The highest BCUT2D eigenvalue weighted by Gasteiger charge is 2.30. The highest BCUT2D eigenvalue weighted by atomic mass is 32.1. The van der Waals surface area contributed by atoms with Gasteiger partial charge in [-0.3, -0.25) is 4.79 Å². The van der Waals surface area contributed by atoms with Crippen molar-refractivity contribution >= 4 is 22.9 Å². The first kappa shape index (κ1) is 18.0. The van der Waals surface area contributed by atoms with Crippen LogP contribution in [0.15, 0.2) is 48.7 Å². The maximum absolute atomic E-state index is 13.6. The molecular weight excluding hydrogens is 375 g/mol. The molecule has 1 N–H and O–H groups in total. The monoisotopic (exact) mass is 384 g/mol. The van der Waals surface area contributed by atoms with Gasteiger partial charge in [0, 0.05) is 5.56 Å². The van der Waals surface area contributed by atoms with Gasteiger partial charge >= 0.3 is 6.18 Å². The number of hydrogen-bond acceptors (Lipinski definition) is 3. The fourth-order valence-corrected chi connectivity index (χ4v) is 2.94. The topological polar surface area (TPSA) is 42.0 Å². The summed E-state index contributed by atoms with van der Waals surface area (Å²) in [5, 5.41) is 2.27. The molecule has 0 saturated carbocycles. The van der Waals surface area contributed by atoms with Gasteiger partial charge in [-0.05, 0) is 24.3 Å². The number of nitrogens with zero attached hydrogens (tertiary/aromatic N) is 1. The fourth-order valence-electron chi connectivity index (χ4n) is 2.13. The lowest BCUT2D eigenvalue weighted by atomic mass is 10.1. The van der Waals surface area contributed by atoms with Crippen LogP contribution in [0.3, 0.4) is 0 Å². The normalized spacial score (nSPS) is 11.4. The molecule has 134 valence electrons. The minimum Gasteiger partial charge on any atom is -0.316 e. The van der Waals surface area contributed by atoms with E-state index in [0.717, 1.165) is 47.9 Å². The van der Waals surface area contributed by atoms with Crippen molar-refractivity contribution in [2.45, 2.75) is 6.18 Å². The van der Waals surface area contributed by atoms with Crippen LogP contribution in [-0.4, -0.2) is 10.9 Å². The van der Waals surface area contributed by atoms with Crippen LogP contribution in [0.25, 0.3) is 10.6 Å². The quantitative estimate of drug-likeness (QED) is 0.618. The van der Waals surface area contributed by atoms with E-state index in [-0.39, 0.29) is 15.4 Å². The number of rotatable bonds is 3. The van der Waals surface area contributed by atoms with Gasteiger partial charge in [0.1, 0.15) is 27.2 Å². The molecule has 1 aromatic heterocycles. The van der Waals surface area contributed by atoms with Crippen LogP contribution >= 0.6 is 11.3 Å². The zero-order chi connectivity index (χ0) is 18.9. The van der Waals surface area contributed by atoms with Crippen molar-refractivity contribution in [1.29, 1.82) is 0 Å². The van der Waals surface area contributed by atoms with Gasteiger partial charge in [0.25, 0.3) is 5.91 Å². The van der Waals surface area contributed by atoms with Crippen molar-refractivity contribution in [2.75, 3.05) is 5.32 Å². The van der Waals surface area contributed by atoms with Crippen LogP contribution < -0.4 is 5.32 Å². The van der Waals surface area contributed by atoms with E-state index in [0.29, 0.717) is 0 Å². The highest BCUT2D eigenvalue weighted by Crippen LogP contribution is 2.33. The predicted octanol–water partition coefficient (Wildman–Crippen LogP) is 5.36. The molecule has 3 rings (SSSR count). The highest BCUT2D eigenvalue weighted by molar-refractivity contribution is 7.17. The largest absolute Gasteiger partial charge is 0.416 e. The van der Waals surface area contributed by atoms with Crippen molar-refractivity contribution < 1.29 is 26.7 Å². The second-order valence-electron chi connectivity index (χ2n) is 5.16. The van der Waals surface area contributed by atoms with Crippen LogP contribution in [0.2, 0.25) is 0 Å². The number of benzene rings is 2. The minimum absolute atomic E-state index is 0.0000600. The van der Waals surface area contributed by atoms with Crippen LogP contribution in [0.4, 0.5) is 27.6 Å². The van der Waals surface area contributed by atoms with Gasteiger partial charge in [-0.2, -0.15) is 13.2 Å². The third kappa shape index (κ3) is 3.72. The number of hydrogen-bond donors (Lipinski definition) is 1. The molecule has 3 nitrogen and oxygen atoms in total. The van der Waals surface area contributed by atoms with E-state index in [2.05, 4.69) is 10.3 Å². The number of aromatic nitrogens is 1. The molecule has 26 heavy (non-hydrogen) atoms. The zero-order valence-electron chi connectivity index (χ0n) is 12.8.